The van der Waals surface area contributed by atoms with Gasteiger partial charge in [0.15, 0.2) is 0 Å². The molecule has 3 aliphatic rings. The highest BCUT2D eigenvalue weighted by molar-refractivity contribution is 5.64. The normalized spacial score (nSPS) is 28.0. The molecule has 0 N–H and O–H groups in total. The molecule has 5 heteroatoms. The molecule has 0 aromatic heterocycles. The predicted molar refractivity (Wildman–Crippen MR) is 99.2 cm³/mol. The maximum absolute atomic E-state index is 12.9. The van der Waals surface area contributed by atoms with Crippen LogP contribution in [0.3, 0.4) is 0 Å². The molecule has 1 spiro atoms. The van der Waals surface area contributed by atoms with Gasteiger partial charge in [-0.3, -0.25) is 9.80 Å². The summed E-state index contributed by atoms with van der Waals surface area (Å²) in [7, 11) is 0. The van der Waals surface area contributed by atoms with Crippen molar-refractivity contribution in [3.8, 4) is 11.1 Å². The van der Waals surface area contributed by atoms with Gasteiger partial charge in [0, 0.05) is 37.8 Å². The first-order chi connectivity index (χ1) is 13.0. The Labute approximate surface area is 157 Å². The highest BCUT2D eigenvalue weighted by Crippen LogP contribution is 2.51. The molecule has 2 aromatic carbocycles. The highest BCUT2D eigenvalue weighted by atomic mass is 19.4. The van der Waals surface area contributed by atoms with E-state index in [1.54, 1.807) is 6.07 Å². The number of benzene rings is 2. The largest absolute Gasteiger partial charge is 0.416 e. The van der Waals surface area contributed by atoms with Crippen molar-refractivity contribution in [2.45, 2.75) is 43.6 Å². The van der Waals surface area contributed by atoms with Gasteiger partial charge in [-0.25, -0.2) is 0 Å². The Morgan fingerprint density at radius 3 is 2.37 bits per heavy atom. The Kier molecular flexibility index (Phi) is 3.89. The molecule has 142 valence electrons. The third kappa shape index (κ3) is 2.79. The van der Waals surface area contributed by atoms with Gasteiger partial charge in [0.1, 0.15) is 0 Å². The van der Waals surface area contributed by atoms with Gasteiger partial charge in [0.2, 0.25) is 0 Å². The second-order valence-corrected chi connectivity index (χ2v) is 8.14. The van der Waals surface area contributed by atoms with E-state index in [1.165, 1.54) is 50.0 Å². The van der Waals surface area contributed by atoms with E-state index in [0.29, 0.717) is 17.1 Å². The standard InChI is InChI=1S/C22H23F3N2/c23-22(24,25)19-3-1-2-18(14-19)17-6-4-16(5-7-17)15-26-12-13-27-11-10-21(27)9-8-20(21)26/h1-7,14,20H,8-13,15H2. The smallest absolute Gasteiger partial charge is 0.295 e. The topological polar surface area (TPSA) is 6.48 Å². The van der Waals surface area contributed by atoms with Crippen LogP contribution in [0.15, 0.2) is 48.5 Å². The summed E-state index contributed by atoms with van der Waals surface area (Å²) in [5.41, 5.74) is 2.54. The Morgan fingerprint density at radius 1 is 0.926 bits per heavy atom. The van der Waals surface area contributed by atoms with Crippen molar-refractivity contribution in [2.24, 2.45) is 0 Å². The predicted octanol–water partition coefficient (Wildman–Crippen LogP) is 4.79. The maximum Gasteiger partial charge on any atom is 0.416 e. The molecule has 0 amide bonds. The van der Waals surface area contributed by atoms with Crippen LogP contribution in [0.25, 0.3) is 11.1 Å². The minimum atomic E-state index is -4.31. The minimum absolute atomic E-state index is 0.468. The number of rotatable bonds is 3. The molecular formula is C22H23F3N2. The minimum Gasteiger partial charge on any atom is -0.295 e. The summed E-state index contributed by atoms with van der Waals surface area (Å²) in [5.74, 6) is 0. The van der Waals surface area contributed by atoms with Gasteiger partial charge in [0.05, 0.1) is 5.56 Å². The molecule has 0 bridgehead atoms. The number of halogens is 3. The van der Waals surface area contributed by atoms with Gasteiger partial charge >= 0.3 is 6.18 Å². The van der Waals surface area contributed by atoms with Gasteiger partial charge in [0.25, 0.3) is 0 Å². The van der Waals surface area contributed by atoms with Crippen LogP contribution in [-0.4, -0.2) is 41.0 Å². The summed E-state index contributed by atoms with van der Waals surface area (Å²) in [6.45, 7) is 4.47. The zero-order valence-corrected chi connectivity index (χ0v) is 15.2. The molecule has 2 nitrogen and oxygen atoms in total. The van der Waals surface area contributed by atoms with E-state index in [-0.39, 0.29) is 0 Å². The summed E-state index contributed by atoms with van der Waals surface area (Å²) in [4.78, 5) is 5.27. The van der Waals surface area contributed by atoms with Crippen molar-refractivity contribution in [3.05, 3.63) is 59.7 Å². The van der Waals surface area contributed by atoms with Crippen molar-refractivity contribution in [3.63, 3.8) is 0 Å². The third-order valence-corrected chi connectivity index (χ3v) is 6.88. The van der Waals surface area contributed by atoms with Crippen molar-refractivity contribution >= 4 is 0 Å². The number of piperazine rings is 1. The maximum atomic E-state index is 12.9. The molecule has 0 radical (unpaired) electrons. The molecule has 5 rings (SSSR count). The number of alkyl halides is 3. The summed E-state index contributed by atoms with van der Waals surface area (Å²) >= 11 is 0. The zero-order chi connectivity index (χ0) is 18.6. The molecule has 1 saturated carbocycles. The van der Waals surface area contributed by atoms with Crippen LogP contribution in [-0.2, 0) is 12.7 Å². The van der Waals surface area contributed by atoms with Crippen molar-refractivity contribution in [2.75, 3.05) is 19.6 Å². The van der Waals surface area contributed by atoms with Crippen molar-refractivity contribution in [1.82, 2.24) is 9.80 Å². The number of nitrogens with zero attached hydrogens (tertiary/aromatic N) is 2. The van der Waals surface area contributed by atoms with E-state index >= 15 is 0 Å². The van der Waals surface area contributed by atoms with Gasteiger partial charge in [-0.2, -0.15) is 13.2 Å². The van der Waals surface area contributed by atoms with Gasteiger partial charge in [-0.05, 0) is 48.1 Å². The first kappa shape index (κ1) is 17.3. The molecule has 2 saturated heterocycles. The lowest BCUT2D eigenvalue weighted by Crippen LogP contribution is -2.79. The molecule has 2 unspecified atom stereocenters. The third-order valence-electron chi connectivity index (χ3n) is 6.88. The molecule has 3 fully saturated rings. The lowest BCUT2D eigenvalue weighted by atomic mass is 9.61. The summed E-state index contributed by atoms with van der Waals surface area (Å²) in [5, 5.41) is 0. The SMILES string of the molecule is FC(F)(F)c1cccc(-c2ccc(CN3CCN4CCC45CCC35)cc2)c1. The fourth-order valence-electron chi connectivity index (χ4n) is 5.19. The Balaban J connectivity index is 1.31. The van der Waals surface area contributed by atoms with E-state index in [2.05, 4.69) is 21.9 Å². The summed E-state index contributed by atoms with van der Waals surface area (Å²) < 4.78 is 38.8. The van der Waals surface area contributed by atoms with E-state index in [1.807, 2.05) is 12.1 Å². The molecule has 2 heterocycles. The van der Waals surface area contributed by atoms with Gasteiger partial charge in [-0.1, -0.05) is 36.4 Å². The van der Waals surface area contributed by atoms with Crippen LogP contribution in [0, 0.1) is 0 Å². The first-order valence-electron chi connectivity index (χ1n) is 9.71. The van der Waals surface area contributed by atoms with Crippen molar-refractivity contribution in [1.29, 1.82) is 0 Å². The van der Waals surface area contributed by atoms with E-state index in [4.69, 9.17) is 0 Å². The van der Waals surface area contributed by atoms with Crippen LogP contribution >= 0.6 is 0 Å². The Bertz CT molecular complexity index is 841. The lowest BCUT2D eigenvalue weighted by Gasteiger charge is -2.69. The van der Waals surface area contributed by atoms with Crippen molar-refractivity contribution < 1.29 is 13.2 Å². The molecule has 2 aliphatic heterocycles. The summed E-state index contributed by atoms with van der Waals surface area (Å²) in [6.07, 6.45) is -0.345. The molecular weight excluding hydrogens is 349 g/mol. The molecule has 2 atom stereocenters. The average molecular weight is 372 g/mol. The van der Waals surface area contributed by atoms with E-state index in [9.17, 15) is 13.2 Å². The molecule has 2 aromatic rings. The Hall–Kier alpha value is -1.85. The molecule has 27 heavy (non-hydrogen) atoms. The van der Waals surface area contributed by atoms with Crippen LogP contribution in [0.5, 0.6) is 0 Å². The van der Waals surface area contributed by atoms with Crippen LogP contribution in [0.1, 0.15) is 30.4 Å². The number of hydrogen-bond acceptors (Lipinski definition) is 2. The average Bonchev–Trinajstić information content (AvgIpc) is 2.59. The number of hydrogen-bond donors (Lipinski definition) is 0. The second kappa shape index (κ2) is 6.08. The first-order valence-corrected chi connectivity index (χ1v) is 9.71. The monoisotopic (exact) mass is 372 g/mol. The quantitative estimate of drug-likeness (QED) is 0.764. The zero-order valence-electron chi connectivity index (χ0n) is 15.2. The molecule has 1 aliphatic carbocycles. The van der Waals surface area contributed by atoms with Gasteiger partial charge in [-0.15, -0.1) is 0 Å². The van der Waals surface area contributed by atoms with E-state index in [0.717, 1.165) is 24.7 Å². The van der Waals surface area contributed by atoms with Crippen LogP contribution in [0.2, 0.25) is 0 Å². The fourth-order valence-corrected chi connectivity index (χ4v) is 5.19. The van der Waals surface area contributed by atoms with E-state index < -0.39 is 11.7 Å². The second-order valence-electron chi connectivity index (χ2n) is 8.14. The van der Waals surface area contributed by atoms with Gasteiger partial charge < -0.3 is 0 Å². The van der Waals surface area contributed by atoms with Crippen LogP contribution < -0.4 is 0 Å². The summed E-state index contributed by atoms with van der Waals surface area (Å²) in [6, 6.07) is 14.3. The highest BCUT2D eigenvalue weighted by Gasteiger charge is 2.59. The lowest BCUT2D eigenvalue weighted by molar-refractivity contribution is -0.176. The fraction of sp³-hybridized carbons (Fsp3) is 0.455. The Morgan fingerprint density at radius 2 is 1.74 bits per heavy atom. The van der Waals surface area contributed by atoms with Crippen LogP contribution in [0.4, 0.5) is 13.2 Å².